The second-order valence-electron chi connectivity index (χ2n) is 3.65. The molecule has 1 rings (SSSR count). The van der Waals surface area contributed by atoms with Crippen LogP contribution in [0.5, 0.6) is 5.75 Å². The maximum absolute atomic E-state index is 12.2. The third-order valence-electron chi connectivity index (χ3n) is 2.23. The molecule has 0 spiro atoms. The third-order valence-corrected chi connectivity index (χ3v) is 2.47. The Kier molecular flexibility index (Phi) is 5.38. The number of carbonyl (C=O) groups is 2. The van der Waals surface area contributed by atoms with E-state index in [1.54, 1.807) is 12.2 Å². The Hall–Kier alpha value is -1.76. The number of ketones is 1. The van der Waals surface area contributed by atoms with Crippen molar-refractivity contribution in [2.75, 3.05) is 17.8 Å². The minimum absolute atomic E-state index is 0.0268. The molecule has 1 N–H and O–H groups in total. The number of amides is 1. The average Bonchev–Trinajstić information content (AvgIpc) is 2.38. The van der Waals surface area contributed by atoms with Crippen LogP contribution in [0.15, 0.2) is 18.2 Å². The molecule has 0 bridgehead atoms. The summed E-state index contributed by atoms with van der Waals surface area (Å²) in [5.41, 5.74) is 0.0220. The second-order valence-corrected chi connectivity index (χ2v) is 3.92. The number of rotatable bonds is 5. The van der Waals surface area contributed by atoms with E-state index in [1.807, 2.05) is 0 Å². The first kappa shape index (κ1) is 16.3. The van der Waals surface area contributed by atoms with Crippen LogP contribution >= 0.6 is 11.6 Å². The summed E-state index contributed by atoms with van der Waals surface area (Å²) >= 11 is 5.39. The van der Waals surface area contributed by atoms with Crippen molar-refractivity contribution in [2.45, 2.75) is 13.1 Å². The van der Waals surface area contributed by atoms with Gasteiger partial charge in [-0.3, -0.25) is 9.59 Å². The highest BCUT2D eigenvalue weighted by molar-refractivity contribution is 6.30. The molecular weight excluding hydrogens is 299 g/mol. The van der Waals surface area contributed by atoms with Crippen molar-refractivity contribution >= 4 is 29.0 Å². The zero-order chi connectivity index (χ0) is 15.3. The lowest BCUT2D eigenvalue weighted by molar-refractivity contribution is -0.167. The second kappa shape index (κ2) is 6.60. The number of hydrogen-bond acceptors (Lipinski definition) is 3. The predicted molar refractivity (Wildman–Crippen MR) is 67.3 cm³/mol. The van der Waals surface area contributed by atoms with Crippen LogP contribution < -0.4 is 10.1 Å². The van der Waals surface area contributed by atoms with Crippen LogP contribution in [0, 0.1) is 0 Å². The molecule has 20 heavy (non-hydrogen) atoms. The van der Waals surface area contributed by atoms with Gasteiger partial charge in [-0.15, -0.1) is 11.6 Å². The van der Waals surface area contributed by atoms with Crippen LogP contribution in [0.4, 0.5) is 18.9 Å². The Bertz CT molecular complexity index is 517. The molecule has 1 aromatic rings. The van der Waals surface area contributed by atoms with Crippen LogP contribution in [-0.2, 0) is 4.79 Å². The van der Waals surface area contributed by atoms with Gasteiger partial charge in [-0.2, -0.15) is 13.2 Å². The van der Waals surface area contributed by atoms with Crippen LogP contribution in [-0.4, -0.2) is 30.4 Å². The molecule has 4 nitrogen and oxygen atoms in total. The molecule has 0 aliphatic heterocycles. The van der Waals surface area contributed by atoms with E-state index in [-0.39, 0.29) is 29.5 Å². The fourth-order valence-corrected chi connectivity index (χ4v) is 1.50. The van der Waals surface area contributed by atoms with E-state index < -0.39 is 17.9 Å². The maximum Gasteiger partial charge on any atom is 0.471 e. The standard InChI is InChI=1S/C12H11ClF3NO3/c1-2-20-10-5-7(9(18)6-13)3-4-8(10)17-11(19)12(14,15)16/h3-5H,2,6H2,1H3,(H,17,19). The Balaban J connectivity index is 3.07. The summed E-state index contributed by atoms with van der Waals surface area (Å²) in [5.74, 6) is -2.81. The quantitative estimate of drug-likeness (QED) is 0.672. The highest BCUT2D eigenvalue weighted by Gasteiger charge is 2.39. The van der Waals surface area contributed by atoms with E-state index >= 15 is 0 Å². The molecule has 0 aromatic heterocycles. The lowest BCUT2D eigenvalue weighted by Crippen LogP contribution is -2.30. The van der Waals surface area contributed by atoms with Gasteiger partial charge in [0.25, 0.3) is 0 Å². The lowest BCUT2D eigenvalue weighted by Gasteiger charge is -2.13. The Morgan fingerprint density at radius 1 is 1.35 bits per heavy atom. The van der Waals surface area contributed by atoms with Crippen LogP contribution in [0.2, 0.25) is 0 Å². The van der Waals surface area contributed by atoms with Crippen molar-refractivity contribution < 1.29 is 27.5 Å². The monoisotopic (exact) mass is 309 g/mol. The summed E-state index contributed by atoms with van der Waals surface area (Å²) in [7, 11) is 0. The van der Waals surface area contributed by atoms with Crippen molar-refractivity contribution in [1.29, 1.82) is 0 Å². The zero-order valence-corrected chi connectivity index (χ0v) is 11.1. The summed E-state index contributed by atoms with van der Waals surface area (Å²) < 4.78 is 41.7. The fraction of sp³-hybridized carbons (Fsp3) is 0.333. The van der Waals surface area contributed by atoms with Gasteiger partial charge in [0.05, 0.1) is 18.2 Å². The highest BCUT2D eigenvalue weighted by Crippen LogP contribution is 2.28. The van der Waals surface area contributed by atoms with Gasteiger partial charge < -0.3 is 10.1 Å². The number of benzene rings is 1. The van der Waals surface area contributed by atoms with Gasteiger partial charge in [-0.1, -0.05) is 0 Å². The van der Waals surface area contributed by atoms with Crippen LogP contribution in [0.3, 0.4) is 0 Å². The molecule has 0 aliphatic carbocycles. The molecule has 0 heterocycles. The molecule has 0 unspecified atom stereocenters. The van der Waals surface area contributed by atoms with Gasteiger partial charge in [0.15, 0.2) is 5.78 Å². The van der Waals surface area contributed by atoms with Gasteiger partial charge >= 0.3 is 12.1 Å². The van der Waals surface area contributed by atoms with Crippen LogP contribution in [0.25, 0.3) is 0 Å². The fourth-order valence-electron chi connectivity index (χ4n) is 1.34. The smallest absolute Gasteiger partial charge is 0.471 e. The molecule has 110 valence electrons. The SMILES string of the molecule is CCOc1cc(C(=O)CCl)ccc1NC(=O)C(F)(F)F. The third kappa shape index (κ3) is 4.12. The van der Waals surface area contributed by atoms with Crippen molar-refractivity contribution in [2.24, 2.45) is 0 Å². The first-order chi connectivity index (χ1) is 9.29. The minimum Gasteiger partial charge on any atom is -0.492 e. The molecule has 8 heteroatoms. The minimum atomic E-state index is -5.01. The number of Topliss-reactive ketones (excluding diaryl/α,β-unsaturated/α-hetero) is 1. The predicted octanol–water partition coefficient (Wildman–Crippen LogP) is 3.01. The van der Waals surface area contributed by atoms with Gasteiger partial charge in [0.2, 0.25) is 0 Å². The Morgan fingerprint density at radius 3 is 2.50 bits per heavy atom. The summed E-state index contributed by atoms with van der Waals surface area (Å²) in [6.45, 7) is 1.78. The Morgan fingerprint density at radius 2 is 2.00 bits per heavy atom. The number of halogens is 4. The molecule has 0 saturated heterocycles. The zero-order valence-electron chi connectivity index (χ0n) is 10.4. The first-order valence-electron chi connectivity index (χ1n) is 5.53. The number of alkyl halides is 4. The van der Waals surface area contributed by atoms with E-state index in [0.29, 0.717) is 0 Å². The van der Waals surface area contributed by atoms with Crippen LogP contribution in [0.1, 0.15) is 17.3 Å². The molecule has 1 aromatic carbocycles. The first-order valence-corrected chi connectivity index (χ1v) is 6.07. The number of nitrogens with one attached hydrogen (secondary N) is 1. The van der Waals surface area contributed by atoms with Crippen molar-refractivity contribution in [3.05, 3.63) is 23.8 Å². The summed E-state index contributed by atoms with van der Waals surface area (Å²) in [4.78, 5) is 22.3. The molecule has 0 aliphatic rings. The largest absolute Gasteiger partial charge is 0.492 e. The van der Waals surface area contributed by atoms with Gasteiger partial charge in [-0.05, 0) is 25.1 Å². The van der Waals surface area contributed by atoms with Gasteiger partial charge in [0.1, 0.15) is 5.75 Å². The topological polar surface area (TPSA) is 55.4 Å². The van der Waals surface area contributed by atoms with Crippen molar-refractivity contribution in [3.8, 4) is 5.75 Å². The summed E-state index contributed by atoms with van der Waals surface area (Å²) in [5, 5.41) is 1.69. The van der Waals surface area contributed by atoms with Crippen molar-refractivity contribution in [3.63, 3.8) is 0 Å². The maximum atomic E-state index is 12.2. The normalized spacial score (nSPS) is 11.1. The number of carbonyl (C=O) groups excluding carboxylic acids is 2. The van der Waals surface area contributed by atoms with E-state index in [1.165, 1.54) is 12.1 Å². The molecule has 0 atom stereocenters. The van der Waals surface area contributed by atoms with E-state index in [4.69, 9.17) is 16.3 Å². The Labute approximate surface area is 117 Å². The average molecular weight is 310 g/mol. The van der Waals surface area contributed by atoms with Gasteiger partial charge in [0, 0.05) is 5.56 Å². The number of anilines is 1. The van der Waals surface area contributed by atoms with E-state index in [0.717, 1.165) is 6.07 Å². The molecule has 0 fully saturated rings. The lowest BCUT2D eigenvalue weighted by atomic mass is 10.1. The van der Waals surface area contributed by atoms with Gasteiger partial charge in [-0.25, -0.2) is 0 Å². The number of ether oxygens (including phenoxy) is 1. The summed E-state index contributed by atoms with van der Waals surface area (Å²) in [6, 6.07) is 3.66. The summed E-state index contributed by atoms with van der Waals surface area (Å²) in [6.07, 6.45) is -5.01. The molecule has 0 radical (unpaired) electrons. The molecular formula is C12H11ClF3NO3. The van der Waals surface area contributed by atoms with Crippen molar-refractivity contribution in [1.82, 2.24) is 0 Å². The molecule has 0 saturated carbocycles. The van der Waals surface area contributed by atoms with E-state index in [9.17, 15) is 22.8 Å². The molecule has 1 amide bonds. The van der Waals surface area contributed by atoms with E-state index in [2.05, 4.69) is 0 Å². The highest BCUT2D eigenvalue weighted by atomic mass is 35.5. The number of hydrogen-bond donors (Lipinski definition) is 1.